The summed E-state index contributed by atoms with van der Waals surface area (Å²) in [5.74, 6) is 0. The topological polar surface area (TPSA) is 45.5 Å². The zero-order valence-electron chi connectivity index (χ0n) is 19.0. The maximum absolute atomic E-state index is 6.49. The number of benzene rings is 2. The van der Waals surface area contributed by atoms with Gasteiger partial charge < -0.3 is 18.8 Å². The van der Waals surface area contributed by atoms with Gasteiger partial charge in [-0.05, 0) is 56.4 Å². The van der Waals surface area contributed by atoms with Crippen molar-refractivity contribution < 1.29 is 14.2 Å². The number of aryl methyl sites for hydroxylation is 2. The van der Waals surface area contributed by atoms with E-state index in [9.17, 15) is 0 Å². The fourth-order valence-corrected chi connectivity index (χ4v) is 4.64. The highest BCUT2D eigenvalue weighted by molar-refractivity contribution is 6.35. The molecule has 0 amide bonds. The second-order valence-electron chi connectivity index (χ2n) is 8.61. The van der Waals surface area contributed by atoms with Crippen LogP contribution < -0.4 is 0 Å². The lowest BCUT2D eigenvalue weighted by molar-refractivity contribution is -0.213. The molecule has 33 heavy (non-hydrogen) atoms. The normalized spacial score (nSPS) is 19.5. The number of aromatic nitrogens is 2. The Labute approximate surface area is 205 Å². The molecule has 3 aromatic rings. The standard InChI is InChI=1S/C26H30Cl2N2O3/c1-18-6-7-20(19(2)12-18)15-32-26-5-3-4-22(33-26)16-31-25(14-30-11-10-29-17-30)23-9-8-21(27)13-24(23)28/h6-13,17,22,25-26H,3-5,14-16H2,1-2H3. The smallest absolute Gasteiger partial charge is 0.158 e. The van der Waals surface area contributed by atoms with Crippen molar-refractivity contribution in [3.8, 4) is 0 Å². The first kappa shape index (κ1) is 24.2. The first-order chi connectivity index (χ1) is 16.0. The van der Waals surface area contributed by atoms with Crippen molar-refractivity contribution in [2.45, 2.75) is 64.8 Å². The zero-order chi connectivity index (χ0) is 23.2. The number of imidazole rings is 1. The van der Waals surface area contributed by atoms with E-state index in [1.807, 2.05) is 22.9 Å². The molecular formula is C26H30Cl2N2O3. The molecule has 7 heteroatoms. The number of hydrogen-bond acceptors (Lipinski definition) is 4. The minimum absolute atomic E-state index is 0.0285. The van der Waals surface area contributed by atoms with Crippen LogP contribution >= 0.6 is 23.2 Å². The van der Waals surface area contributed by atoms with E-state index in [4.69, 9.17) is 37.4 Å². The van der Waals surface area contributed by atoms with Crippen LogP contribution in [0.5, 0.6) is 0 Å². The van der Waals surface area contributed by atoms with Gasteiger partial charge in [0.25, 0.3) is 0 Å². The van der Waals surface area contributed by atoms with E-state index in [1.54, 1.807) is 18.6 Å². The lowest BCUT2D eigenvalue weighted by atomic mass is 10.1. The van der Waals surface area contributed by atoms with Crippen molar-refractivity contribution in [2.75, 3.05) is 6.61 Å². The van der Waals surface area contributed by atoms with Gasteiger partial charge in [0.2, 0.25) is 0 Å². The molecule has 1 aliphatic heterocycles. The summed E-state index contributed by atoms with van der Waals surface area (Å²) in [5.41, 5.74) is 4.59. The molecule has 3 atom stereocenters. The van der Waals surface area contributed by atoms with Crippen LogP contribution in [0.1, 0.15) is 47.6 Å². The summed E-state index contributed by atoms with van der Waals surface area (Å²) < 4.78 is 20.7. The van der Waals surface area contributed by atoms with Crippen LogP contribution in [0.2, 0.25) is 10.0 Å². The molecule has 2 aromatic carbocycles. The average molecular weight is 489 g/mol. The third kappa shape index (κ3) is 6.81. The molecule has 0 radical (unpaired) electrons. The highest BCUT2D eigenvalue weighted by Crippen LogP contribution is 2.31. The molecule has 4 rings (SSSR count). The Hall–Kier alpha value is -1.89. The summed E-state index contributed by atoms with van der Waals surface area (Å²) in [6.07, 6.45) is 7.81. The van der Waals surface area contributed by atoms with Gasteiger partial charge in [0.05, 0.1) is 32.2 Å². The molecule has 2 heterocycles. The van der Waals surface area contributed by atoms with Gasteiger partial charge in [-0.3, -0.25) is 0 Å². The van der Waals surface area contributed by atoms with E-state index in [1.165, 1.54) is 16.7 Å². The summed E-state index contributed by atoms with van der Waals surface area (Å²) in [4.78, 5) is 4.13. The third-order valence-corrected chi connectivity index (χ3v) is 6.52. The Balaban J connectivity index is 1.35. The summed E-state index contributed by atoms with van der Waals surface area (Å²) in [7, 11) is 0. The Morgan fingerprint density at radius 2 is 2.03 bits per heavy atom. The summed E-state index contributed by atoms with van der Waals surface area (Å²) in [6, 6.07) is 11.9. The van der Waals surface area contributed by atoms with Crippen LogP contribution in [0.3, 0.4) is 0 Å². The van der Waals surface area contributed by atoms with Crippen LogP contribution in [0.15, 0.2) is 55.1 Å². The van der Waals surface area contributed by atoms with Crippen molar-refractivity contribution >= 4 is 23.2 Å². The molecule has 3 unspecified atom stereocenters. The predicted octanol–water partition coefficient (Wildman–Crippen LogP) is 6.68. The van der Waals surface area contributed by atoms with Gasteiger partial charge in [-0.1, -0.05) is 53.0 Å². The van der Waals surface area contributed by atoms with Crippen LogP contribution in [0.25, 0.3) is 0 Å². The molecule has 0 N–H and O–H groups in total. The number of ether oxygens (including phenoxy) is 3. The van der Waals surface area contributed by atoms with Crippen LogP contribution in [-0.4, -0.2) is 28.6 Å². The molecule has 0 saturated carbocycles. The van der Waals surface area contributed by atoms with Crippen LogP contribution in [0.4, 0.5) is 0 Å². The molecule has 176 valence electrons. The summed E-state index contributed by atoms with van der Waals surface area (Å²) in [5, 5.41) is 1.19. The SMILES string of the molecule is Cc1ccc(COC2CCCC(COC(Cn3ccnc3)c3ccc(Cl)cc3Cl)O2)c(C)c1. The van der Waals surface area contributed by atoms with Gasteiger partial charge in [-0.15, -0.1) is 0 Å². The predicted molar refractivity (Wildman–Crippen MR) is 131 cm³/mol. The molecule has 1 saturated heterocycles. The van der Waals surface area contributed by atoms with Crippen molar-refractivity contribution in [1.82, 2.24) is 9.55 Å². The quantitative estimate of drug-likeness (QED) is 0.337. The van der Waals surface area contributed by atoms with Crippen molar-refractivity contribution in [2.24, 2.45) is 0 Å². The zero-order valence-corrected chi connectivity index (χ0v) is 20.6. The summed E-state index contributed by atoms with van der Waals surface area (Å²) >= 11 is 12.6. The Bertz CT molecular complexity index is 1040. The maximum Gasteiger partial charge on any atom is 0.158 e. The molecular weight excluding hydrogens is 459 g/mol. The molecule has 5 nitrogen and oxygen atoms in total. The fourth-order valence-electron chi connectivity index (χ4n) is 4.11. The van der Waals surface area contributed by atoms with Gasteiger partial charge in [0.1, 0.15) is 6.10 Å². The van der Waals surface area contributed by atoms with E-state index in [0.29, 0.717) is 29.8 Å². The highest BCUT2D eigenvalue weighted by atomic mass is 35.5. The van der Waals surface area contributed by atoms with Crippen molar-refractivity contribution in [1.29, 1.82) is 0 Å². The first-order valence-corrected chi connectivity index (χ1v) is 12.1. The molecule has 1 aromatic heterocycles. The Morgan fingerprint density at radius 1 is 1.15 bits per heavy atom. The molecule has 0 bridgehead atoms. The minimum atomic E-state index is -0.246. The number of hydrogen-bond donors (Lipinski definition) is 0. The Morgan fingerprint density at radius 3 is 2.79 bits per heavy atom. The second-order valence-corrected chi connectivity index (χ2v) is 9.45. The van der Waals surface area contributed by atoms with E-state index in [-0.39, 0.29) is 18.5 Å². The number of rotatable bonds is 9. The lowest BCUT2D eigenvalue weighted by Gasteiger charge is -2.31. The largest absolute Gasteiger partial charge is 0.369 e. The molecule has 0 spiro atoms. The monoisotopic (exact) mass is 488 g/mol. The van der Waals surface area contributed by atoms with Crippen molar-refractivity contribution in [3.63, 3.8) is 0 Å². The maximum atomic E-state index is 6.49. The number of halogens is 2. The lowest BCUT2D eigenvalue weighted by Crippen LogP contribution is -2.33. The third-order valence-electron chi connectivity index (χ3n) is 5.96. The Kier molecular flexibility index (Phi) is 8.45. The van der Waals surface area contributed by atoms with E-state index in [0.717, 1.165) is 24.8 Å². The van der Waals surface area contributed by atoms with E-state index in [2.05, 4.69) is 37.0 Å². The minimum Gasteiger partial charge on any atom is -0.369 e. The first-order valence-electron chi connectivity index (χ1n) is 11.3. The molecule has 1 aliphatic rings. The van der Waals surface area contributed by atoms with Gasteiger partial charge in [0.15, 0.2) is 6.29 Å². The van der Waals surface area contributed by atoms with Crippen LogP contribution in [0, 0.1) is 13.8 Å². The van der Waals surface area contributed by atoms with E-state index >= 15 is 0 Å². The van der Waals surface area contributed by atoms with Gasteiger partial charge in [-0.25, -0.2) is 4.98 Å². The summed E-state index contributed by atoms with van der Waals surface area (Å²) in [6.45, 7) is 5.83. The average Bonchev–Trinajstić information content (AvgIpc) is 3.30. The fraction of sp³-hybridized carbons (Fsp3) is 0.423. The second kappa shape index (κ2) is 11.5. The van der Waals surface area contributed by atoms with Crippen LogP contribution in [-0.2, 0) is 27.4 Å². The van der Waals surface area contributed by atoms with Gasteiger partial charge in [0, 0.05) is 28.0 Å². The van der Waals surface area contributed by atoms with Gasteiger partial charge in [-0.2, -0.15) is 0 Å². The molecule has 0 aliphatic carbocycles. The van der Waals surface area contributed by atoms with Crippen molar-refractivity contribution in [3.05, 3.63) is 87.4 Å². The van der Waals surface area contributed by atoms with Gasteiger partial charge >= 0.3 is 0 Å². The number of nitrogens with zero attached hydrogens (tertiary/aromatic N) is 2. The molecule has 1 fully saturated rings. The highest BCUT2D eigenvalue weighted by Gasteiger charge is 2.25. The van der Waals surface area contributed by atoms with E-state index < -0.39 is 0 Å².